The summed E-state index contributed by atoms with van der Waals surface area (Å²) in [5, 5.41) is 40.9. The van der Waals surface area contributed by atoms with Crippen molar-refractivity contribution in [1.82, 2.24) is 25.3 Å². The van der Waals surface area contributed by atoms with E-state index in [9.17, 15) is 58.5 Å². The van der Waals surface area contributed by atoms with Crippen molar-refractivity contribution >= 4 is 65.4 Å². The molecule has 0 bridgehead atoms. The Balaban J connectivity index is 0.00000602. The van der Waals surface area contributed by atoms with Crippen LogP contribution < -0.4 is 21.7 Å². The number of amides is 8. The maximum absolute atomic E-state index is 14.2. The number of cyclic esters (lactones) is 1. The third-order valence-electron chi connectivity index (χ3n) is 17.3. The maximum atomic E-state index is 14.2. The van der Waals surface area contributed by atoms with Crippen molar-refractivity contribution in [3.63, 3.8) is 0 Å². The first-order valence-electron chi connectivity index (χ1n) is 32.2. The van der Waals surface area contributed by atoms with E-state index < -0.39 is 95.5 Å². The number of benzene rings is 1. The minimum Gasteiger partial charge on any atom is -0.457 e. The molecule has 8 N–H and O–H groups in total. The lowest BCUT2D eigenvalue weighted by Gasteiger charge is -2.41. The van der Waals surface area contributed by atoms with Gasteiger partial charge in [-0.1, -0.05) is 90.8 Å². The molecule has 4 heterocycles. The Hall–Kier alpha value is -7.61. The second-order valence-electron chi connectivity index (χ2n) is 25.2. The number of methoxy groups -OCH3 is 1. The quantitative estimate of drug-likeness (QED) is 0.00936. The van der Waals surface area contributed by atoms with E-state index in [0.29, 0.717) is 68.2 Å². The normalized spacial score (nSPS) is 24.9. The molecule has 516 valence electrons. The first kappa shape index (κ1) is 77.8. The van der Waals surface area contributed by atoms with Gasteiger partial charge in [0.15, 0.2) is 6.10 Å². The largest absolute Gasteiger partial charge is 0.457 e. The summed E-state index contributed by atoms with van der Waals surface area (Å²) >= 11 is 0. The van der Waals surface area contributed by atoms with E-state index in [-0.39, 0.29) is 119 Å². The van der Waals surface area contributed by atoms with Gasteiger partial charge < -0.3 is 70.5 Å². The fourth-order valence-corrected chi connectivity index (χ4v) is 11.3. The third kappa shape index (κ3) is 25.3. The van der Waals surface area contributed by atoms with Gasteiger partial charge in [0.2, 0.25) is 23.6 Å². The smallest absolute Gasteiger partial charge is 0.410 e. The van der Waals surface area contributed by atoms with E-state index in [1.54, 1.807) is 94.2 Å². The lowest BCUT2D eigenvalue weighted by molar-refractivity contribution is -0.192. The van der Waals surface area contributed by atoms with Crippen LogP contribution in [0.25, 0.3) is 0 Å². The molecule has 1 aromatic carbocycles. The molecule has 13 atom stereocenters. The highest BCUT2D eigenvalue weighted by Gasteiger charge is 2.47. The molecule has 5 rings (SSSR count). The SMILES string of the molecule is CCC1CN(C(=O)O[C@H]2/C=C/[C@H](C)[C@@H](/C(C)=C/C=C/[C@](C)(O)C[C@H]3O[C@@H]3[C@H](C)[C@@H](O)CC)OC(=O)C[C@H](O)CC[C@@]2(C)OC)CCN1C(=O)OCc1ccc(NC(=O)[C@H](CCCCC(N)=O)NC(=O)[C@@H](NC(=O)CCCCCN2C(=O)C=CC2=O)C(C)C)cc1.O=C=O. The summed E-state index contributed by atoms with van der Waals surface area (Å²) in [5.74, 6) is -4.17. The average molecular weight is 1310 g/mol. The molecule has 0 radical (unpaired) electrons. The summed E-state index contributed by atoms with van der Waals surface area (Å²) in [6.45, 7) is 16.9. The number of anilines is 1. The van der Waals surface area contributed by atoms with Gasteiger partial charge in [-0.05, 0) is 107 Å². The van der Waals surface area contributed by atoms with Crippen molar-refractivity contribution < 1.29 is 91.7 Å². The molecule has 0 spiro atoms. The molecule has 4 aliphatic heterocycles. The lowest BCUT2D eigenvalue weighted by Crippen LogP contribution is -2.57. The van der Waals surface area contributed by atoms with Crippen LogP contribution in [0.15, 0.2) is 72.4 Å². The number of ether oxygens (including phenoxy) is 5. The average Bonchev–Trinajstić information content (AvgIpc) is 1.54. The molecule has 1 unspecified atom stereocenters. The van der Waals surface area contributed by atoms with Crippen molar-refractivity contribution in [2.24, 2.45) is 23.5 Å². The lowest BCUT2D eigenvalue weighted by atomic mass is 9.88. The number of carbonyl (C=O) groups excluding carboxylic acids is 11. The second kappa shape index (κ2) is 37.9. The topological polar surface area (TPSA) is 370 Å². The summed E-state index contributed by atoms with van der Waals surface area (Å²) in [6.07, 6.45) is 10.6. The van der Waals surface area contributed by atoms with Gasteiger partial charge >= 0.3 is 24.3 Å². The molecule has 0 saturated carbocycles. The van der Waals surface area contributed by atoms with E-state index >= 15 is 0 Å². The number of allylic oxidation sites excluding steroid dienone is 2. The number of hydrogen-bond acceptors (Lipinski definition) is 19. The summed E-state index contributed by atoms with van der Waals surface area (Å²) in [4.78, 5) is 137. The van der Waals surface area contributed by atoms with E-state index in [1.807, 2.05) is 27.7 Å². The molecule has 26 nitrogen and oxygen atoms in total. The number of imide groups is 1. The number of epoxide rings is 1. The monoisotopic (exact) mass is 1310 g/mol. The zero-order valence-electron chi connectivity index (χ0n) is 55.5. The number of esters is 1. The van der Waals surface area contributed by atoms with Crippen molar-refractivity contribution in [2.75, 3.05) is 38.6 Å². The number of nitrogens with zero attached hydrogens (tertiary/aromatic N) is 3. The standard InChI is InChI=1S/C66H99N7O17.CO2/c1-11-47-39-71(63(83)89-52-28-23-43(6)59(90-57(80)37-48(74)31-33-66(52,9)86-10)42(5)19-18-32-65(8,85)38-51-60(88-51)44(7)50(75)12-2)35-36-72(47)64(84)87-40-45-24-26-46(27-25-45)68-61(81)49(20-15-16-21-53(67)76)69-62(82)58(41(3)4)70-54(77)22-14-13-17-34-73-55(78)29-30-56(73)79;2-1-3/h18-19,23-30,32,41,43-44,47-52,58-60,74-75,85H,11-17,20-22,31,33-40H2,1-10H3,(H2,67,76)(H,68,81)(H,69,82)(H,70,77);/b28-23+,32-18+,42-19+;/t43-,44+,47?,48+,49-,50-,51+,52-,58-,59+,60+,65-,66+;/m0./s1. The number of primary amides is 1. The van der Waals surface area contributed by atoms with Gasteiger partial charge in [0.25, 0.3) is 11.8 Å². The van der Waals surface area contributed by atoms with Crippen molar-refractivity contribution in [2.45, 2.75) is 225 Å². The van der Waals surface area contributed by atoms with Crippen LogP contribution in [0.1, 0.15) is 158 Å². The van der Waals surface area contributed by atoms with Gasteiger partial charge in [0.05, 0.1) is 42.5 Å². The predicted molar refractivity (Wildman–Crippen MR) is 339 cm³/mol. The number of carbonyl (C=O) groups is 9. The number of nitrogens with two attached hydrogens (primary N) is 1. The van der Waals surface area contributed by atoms with Gasteiger partial charge in [-0.3, -0.25) is 38.5 Å². The van der Waals surface area contributed by atoms with Gasteiger partial charge in [-0.2, -0.15) is 9.59 Å². The molecule has 93 heavy (non-hydrogen) atoms. The van der Waals surface area contributed by atoms with E-state index in [0.717, 1.165) is 4.90 Å². The zero-order chi connectivity index (χ0) is 69.2. The number of rotatable bonds is 30. The molecular weight excluding hydrogens is 1210 g/mol. The van der Waals surface area contributed by atoms with Crippen LogP contribution >= 0.6 is 0 Å². The fourth-order valence-electron chi connectivity index (χ4n) is 11.3. The van der Waals surface area contributed by atoms with Gasteiger partial charge in [0.1, 0.15) is 30.4 Å². The van der Waals surface area contributed by atoms with E-state index in [4.69, 9.17) is 39.0 Å². The Morgan fingerprint density at radius 1 is 0.925 bits per heavy atom. The Morgan fingerprint density at radius 3 is 2.22 bits per heavy atom. The van der Waals surface area contributed by atoms with Gasteiger partial charge in [-0.25, -0.2) is 9.59 Å². The molecule has 2 saturated heterocycles. The predicted octanol–water partition coefficient (Wildman–Crippen LogP) is 5.61. The number of unbranched alkanes of at least 4 members (excludes halogenated alkanes) is 3. The molecule has 8 amide bonds. The van der Waals surface area contributed by atoms with Gasteiger partial charge in [0, 0.05) is 82.2 Å². The fraction of sp³-hybridized carbons (Fsp3) is 0.642. The first-order valence-corrected chi connectivity index (χ1v) is 32.2. The van der Waals surface area contributed by atoms with Crippen LogP contribution in [0.3, 0.4) is 0 Å². The number of piperazine rings is 1. The van der Waals surface area contributed by atoms with Crippen molar-refractivity contribution in [1.29, 1.82) is 0 Å². The Kier molecular flexibility index (Phi) is 31.7. The van der Waals surface area contributed by atoms with Crippen LogP contribution in [0.4, 0.5) is 15.3 Å². The zero-order valence-corrected chi connectivity index (χ0v) is 55.5. The second-order valence-corrected chi connectivity index (χ2v) is 25.2. The maximum Gasteiger partial charge on any atom is 0.410 e. The number of nitrogens with one attached hydrogen (secondary N) is 3. The first-order chi connectivity index (χ1) is 44.0. The molecule has 0 aliphatic carbocycles. The minimum absolute atomic E-state index is 0.0619. The molecule has 2 fully saturated rings. The summed E-state index contributed by atoms with van der Waals surface area (Å²) in [7, 11) is 1.49. The van der Waals surface area contributed by atoms with Crippen molar-refractivity contribution in [3.8, 4) is 0 Å². The number of hydrogen-bond donors (Lipinski definition) is 7. The van der Waals surface area contributed by atoms with Crippen LogP contribution in [0.2, 0.25) is 0 Å². The summed E-state index contributed by atoms with van der Waals surface area (Å²) in [6, 6.07) is 4.14. The summed E-state index contributed by atoms with van der Waals surface area (Å²) in [5.41, 5.74) is 4.63. The molecule has 0 aromatic heterocycles. The Bertz CT molecular complexity index is 2830. The minimum atomic E-state index is -1.23. The van der Waals surface area contributed by atoms with Crippen LogP contribution in [0, 0.1) is 17.8 Å². The van der Waals surface area contributed by atoms with Crippen molar-refractivity contribution in [3.05, 3.63) is 77.9 Å². The highest BCUT2D eigenvalue weighted by atomic mass is 16.6. The third-order valence-corrected chi connectivity index (χ3v) is 17.3. The summed E-state index contributed by atoms with van der Waals surface area (Å²) < 4.78 is 29.8. The highest BCUT2D eigenvalue weighted by molar-refractivity contribution is 6.12. The van der Waals surface area contributed by atoms with Crippen LogP contribution in [-0.4, -0.2) is 189 Å². The van der Waals surface area contributed by atoms with E-state index in [1.165, 1.54) is 24.2 Å². The molecule has 4 aliphatic rings. The molecule has 1 aromatic rings. The Morgan fingerprint density at radius 2 is 1.59 bits per heavy atom. The highest BCUT2D eigenvalue weighted by Crippen LogP contribution is 2.38. The molecule has 26 heteroatoms. The van der Waals surface area contributed by atoms with Gasteiger partial charge in [-0.15, -0.1) is 0 Å². The molecular formula is C67H99N7O19. The van der Waals surface area contributed by atoms with Crippen LogP contribution in [-0.2, 0) is 73.4 Å². The number of aliphatic hydroxyl groups is 3. The van der Waals surface area contributed by atoms with E-state index in [2.05, 4.69) is 16.0 Å². The Labute approximate surface area is 545 Å². The number of aliphatic hydroxyl groups excluding tert-OH is 2. The van der Waals surface area contributed by atoms with Crippen LogP contribution in [0.5, 0.6) is 0 Å².